The standard InChI is InChI=1S/C15H30ClN5/c1-7-15(5,21(8-2)9-3)13(18-17)10-12-14(16)11(4)19-20(12)6/h13,18H,7-10,17H2,1-6H3. The largest absolute Gasteiger partial charge is 0.297 e. The van der Waals surface area contributed by atoms with Crippen LogP contribution >= 0.6 is 11.6 Å². The molecule has 0 amide bonds. The molecule has 1 aromatic heterocycles. The molecule has 21 heavy (non-hydrogen) atoms. The average Bonchev–Trinajstić information content (AvgIpc) is 2.71. The lowest BCUT2D eigenvalue weighted by molar-refractivity contribution is 0.0694. The Morgan fingerprint density at radius 2 is 1.95 bits per heavy atom. The molecule has 122 valence electrons. The normalized spacial score (nSPS) is 16.2. The van der Waals surface area contributed by atoms with Crippen LogP contribution in [-0.4, -0.2) is 39.4 Å². The summed E-state index contributed by atoms with van der Waals surface area (Å²) in [4.78, 5) is 2.45. The second-order valence-electron chi connectivity index (χ2n) is 5.78. The van der Waals surface area contributed by atoms with Gasteiger partial charge in [-0.1, -0.05) is 32.4 Å². The molecule has 0 saturated carbocycles. The van der Waals surface area contributed by atoms with Crippen LogP contribution < -0.4 is 11.3 Å². The molecule has 2 atom stereocenters. The van der Waals surface area contributed by atoms with Crippen molar-refractivity contribution in [1.82, 2.24) is 20.1 Å². The van der Waals surface area contributed by atoms with Crippen molar-refractivity contribution in [2.45, 2.75) is 59.0 Å². The van der Waals surface area contributed by atoms with E-state index < -0.39 is 0 Å². The van der Waals surface area contributed by atoms with E-state index in [-0.39, 0.29) is 11.6 Å². The maximum atomic E-state index is 6.39. The van der Waals surface area contributed by atoms with Crippen LogP contribution in [0.25, 0.3) is 0 Å². The highest BCUT2D eigenvalue weighted by Gasteiger charge is 2.37. The minimum Gasteiger partial charge on any atom is -0.297 e. The number of nitrogens with zero attached hydrogens (tertiary/aromatic N) is 3. The number of rotatable bonds is 8. The lowest BCUT2D eigenvalue weighted by Crippen LogP contribution is -2.61. The van der Waals surface area contributed by atoms with E-state index in [1.165, 1.54) is 0 Å². The highest BCUT2D eigenvalue weighted by Crippen LogP contribution is 2.28. The van der Waals surface area contributed by atoms with Crippen molar-refractivity contribution in [3.8, 4) is 0 Å². The van der Waals surface area contributed by atoms with Gasteiger partial charge in [0.2, 0.25) is 0 Å². The molecule has 3 N–H and O–H groups in total. The van der Waals surface area contributed by atoms with Gasteiger partial charge in [-0.25, -0.2) is 0 Å². The Labute approximate surface area is 133 Å². The zero-order chi connectivity index (χ0) is 16.2. The van der Waals surface area contributed by atoms with Crippen molar-refractivity contribution in [3.63, 3.8) is 0 Å². The Morgan fingerprint density at radius 3 is 2.29 bits per heavy atom. The van der Waals surface area contributed by atoms with E-state index >= 15 is 0 Å². The van der Waals surface area contributed by atoms with Crippen LogP contribution in [0.5, 0.6) is 0 Å². The second-order valence-corrected chi connectivity index (χ2v) is 6.15. The van der Waals surface area contributed by atoms with E-state index in [2.05, 4.69) is 43.1 Å². The minimum absolute atomic E-state index is 0.0280. The van der Waals surface area contributed by atoms with Crippen LogP contribution in [0, 0.1) is 6.92 Å². The molecule has 5 nitrogen and oxygen atoms in total. The molecule has 0 spiro atoms. The fourth-order valence-electron chi connectivity index (χ4n) is 3.19. The van der Waals surface area contributed by atoms with Crippen molar-refractivity contribution >= 4 is 11.6 Å². The van der Waals surface area contributed by atoms with Gasteiger partial charge in [-0.2, -0.15) is 5.10 Å². The summed E-state index contributed by atoms with van der Waals surface area (Å²) in [6.07, 6.45) is 1.77. The summed E-state index contributed by atoms with van der Waals surface area (Å²) in [6.45, 7) is 12.8. The molecule has 6 heteroatoms. The first-order chi connectivity index (χ1) is 9.85. The maximum Gasteiger partial charge on any atom is 0.0847 e. The lowest BCUT2D eigenvalue weighted by atomic mass is 9.84. The van der Waals surface area contributed by atoms with Crippen molar-refractivity contribution in [3.05, 3.63) is 16.4 Å². The molecular weight excluding hydrogens is 286 g/mol. The summed E-state index contributed by atoms with van der Waals surface area (Å²) in [7, 11) is 1.93. The van der Waals surface area contributed by atoms with E-state index in [4.69, 9.17) is 17.4 Å². The number of hydrogen-bond acceptors (Lipinski definition) is 4. The fraction of sp³-hybridized carbons (Fsp3) is 0.800. The van der Waals surface area contributed by atoms with Crippen LogP contribution in [0.1, 0.15) is 45.5 Å². The maximum absolute atomic E-state index is 6.39. The third kappa shape index (κ3) is 3.59. The number of likely N-dealkylation sites (N-methyl/N-ethyl adjacent to an activating group) is 1. The van der Waals surface area contributed by atoms with Crippen LogP contribution in [0.15, 0.2) is 0 Å². The quantitative estimate of drug-likeness (QED) is 0.571. The number of hydrogen-bond donors (Lipinski definition) is 2. The van der Waals surface area contributed by atoms with Gasteiger partial charge in [-0.05, 0) is 33.4 Å². The Hall–Kier alpha value is -0.620. The molecule has 1 rings (SSSR count). The van der Waals surface area contributed by atoms with E-state index in [0.29, 0.717) is 0 Å². The van der Waals surface area contributed by atoms with Crippen LogP contribution in [0.3, 0.4) is 0 Å². The minimum atomic E-state index is -0.0280. The summed E-state index contributed by atoms with van der Waals surface area (Å²) in [5.74, 6) is 5.89. The molecule has 0 aliphatic carbocycles. The predicted molar refractivity (Wildman–Crippen MR) is 89.4 cm³/mol. The first-order valence-corrected chi connectivity index (χ1v) is 8.12. The number of halogens is 1. The Balaban J connectivity index is 3.10. The van der Waals surface area contributed by atoms with Gasteiger partial charge in [0, 0.05) is 25.0 Å². The summed E-state index contributed by atoms with van der Waals surface area (Å²) in [6, 6.07) is 0.106. The lowest BCUT2D eigenvalue weighted by Gasteiger charge is -2.45. The van der Waals surface area contributed by atoms with Gasteiger partial charge in [0.05, 0.1) is 16.4 Å². The molecule has 1 aromatic rings. The molecule has 0 saturated heterocycles. The fourth-order valence-corrected chi connectivity index (χ4v) is 3.43. The van der Waals surface area contributed by atoms with Gasteiger partial charge >= 0.3 is 0 Å². The number of nitrogens with one attached hydrogen (secondary N) is 1. The average molecular weight is 316 g/mol. The molecule has 0 radical (unpaired) electrons. The van der Waals surface area contributed by atoms with Gasteiger partial charge in [0.25, 0.3) is 0 Å². The molecular formula is C15H30ClN5. The third-order valence-corrected chi connectivity index (χ3v) is 5.30. The first kappa shape index (κ1) is 18.4. The van der Waals surface area contributed by atoms with Gasteiger partial charge in [0.15, 0.2) is 0 Å². The van der Waals surface area contributed by atoms with Crippen LogP contribution in [-0.2, 0) is 13.5 Å². The Kier molecular flexibility index (Phi) is 6.66. The van der Waals surface area contributed by atoms with E-state index in [1.54, 1.807) is 0 Å². The van der Waals surface area contributed by atoms with Crippen molar-refractivity contribution < 1.29 is 0 Å². The molecule has 1 heterocycles. The SMILES string of the molecule is CCN(CC)C(C)(CC)C(Cc1c(Cl)c(C)nn1C)NN. The zero-order valence-electron chi connectivity index (χ0n) is 14.2. The highest BCUT2D eigenvalue weighted by molar-refractivity contribution is 6.31. The number of aromatic nitrogens is 2. The number of nitrogens with two attached hydrogens (primary N) is 1. The molecule has 0 aliphatic heterocycles. The molecule has 0 aliphatic rings. The number of hydrazine groups is 1. The summed E-state index contributed by atoms with van der Waals surface area (Å²) in [5, 5.41) is 5.14. The Morgan fingerprint density at radius 1 is 1.38 bits per heavy atom. The van der Waals surface area contributed by atoms with Crippen LogP contribution in [0.4, 0.5) is 0 Å². The van der Waals surface area contributed by atoms with Crippen molar-refractivity contribution in [1.29, 1.82) is 0 Å². The smallest absolute Gasteiger partial charge is 0.0847 e. The summed E-state index contributed by atoms with van der Waals surface area (Å²) >= 11 is 6.39. The molecule has 0 fully saturated rings. The second kappa shape index (κ2) is 7.58. The van der Waals surface area contributed by atoms with Crippen LogP contribution in [0.2, 0.25) is 5.02 Å². The van der Waals surface area contributed by atoms with Gasteiger partial charge in [-0.3, -0.25) is 20.9 Å². The Bertz CT molecular complexity index is 455. The number of aryl methyl sites for hydroxylation is 2. The van der Waals surface area contributed by atoms with E-state index in [0.717, 1.165) is 42.3 Å². The summed E-state index contributed by atoms with van der Waals surface area (Å²) < 4.78 is 1.86. The predicted octanol–water partition coefficient (Wildman–Crippen LogP) is 2.27. The molecule has 0 aromatic carbocycles. The molecule has 2 unspecified atom stereocenters. The van der Waals surface area contributed by atoms with E-state index in [9.17, 15) is 0 Å². The highest BCUT2D eigenvalue weighted by atomic mass is 35.5. The third-order valence-electron chi connectivity index (χ3n) is 4.81. The topological polar surface area (TPSA) is 59.1 Å². The van der Waals surface area contributed by atoms with E-state index in [1.807, 2.05) is 18.7 Å². The zero-order valence-corrected chi connectivity index (χ0v) is 15.0. The monoisotopic (exact) mass is 315 g/mol. The molecule has 0 bridgehead atoms. The van der Waals surface area contributed by atoms with Crippen molar-refractivity contribution in [2.24, 2.45) is 12.9 Å². The van der Waals surface area contributed by atoms with Gasteiger partial charge < -0.3 is 0 Å². The van der Waals surface area contributed by atoms with Gasteiger partial charge in [0.1, 0.15) is 0 Å². The first-order valence-electron chi connectivity index (χ1n) is 7.74. The van der Waals surface area contributed by atoms with Crippen molar-refractivity contribution in [2.75, 3.05) is 13.1 Å². The van der Waals surface area contributed by atoms with Gasteiger partial charge in [-0.15, -0.1) is 0 Å². The summed E-state index contributed by atoms with van der Waals surface area (Å²) in [5.41, 5.74) is 4.88.